The van der Waals surface area contributed by atoms with Crippen molar-refractivity contribution in [1.82, 2.24) is 4.90 Å². The lowest BCUT2D eigenvalue weighted by Crippen LogP contribution is -2.50. The van der Waals surface area contributed by atoms with E-state index in [1.807, 2.05) is 16.7 Å². The van der Waals surface area contributed by atoms with Gasteiger partial charge in [-0.05, 0) is 24.5 Å². The summed E-state index contributed by atoms with van der Waals surface area (Å²) in [5, 5.41) is 8.98. The highest BCUT2D eigenvalue weighted by Gasteiger charge is 2.28. The molecule has 1 aliphatic heterocycles. The van der Waals surface area contributed by atoms with Crippen LogP contribution in [0.15, 0.2) is 0 Å². The number of hydrogen-bond acceptors (Lipinski definition) is 4. The molecule has 1 unspecified atom stereocenters. The van der Waals surface area contributed by atoms with Crippen LogP contribution in [0.25, 0.3) is 0 Å². The summed E-state index contributed by atoms with van der Waals surface area (Å²) in [6, 6.07) is -0.439. The summed E-state index contributed by atoms with van der Waals surface area (Å²) in [6.07, 6.45) is 1.06. The zero-order chi connectivity index (χ0) is 11.1. The monoisotopic (exact) mass is 233 g/mol. The van der Waals surface area contributed by atoms with Gasteiger partial charge in [0.2, 0.25) is 0 Å². The van der Waals surface area contributed by atoms with Crippen LogP contribution in [0.1, 0.15) is 13.3 Å². The first-order chi connectivity index (χ1) is 7.25. The van der Waals surface area contributed by atoms with Crippen LogP contribution < -0.4 is 0 Å². The third kappa shape index (κ3) is 4.40. The number of rotatable bonds is 6. The van der Waals surface area contributed by atoms with Gasteiger partial charge in [0, 0.05) is 6.54 Å². The maximum absolute atomic E-state index is 10.9. The first-order valence-corrected chi connectivity index (χ1v) is 6.53. The van der Waals surface area contributed by atoms with Crippen LogP contribution in [0.2, 0.25) is 0 Å². The highest BCUT2D eigenvalue weighted by atomic mass is 32.2. The second kappa shape index (κ2) is 7.09. The fourth-order valence-electron chi connectivity index (χ4n) is 1.65. The first-order valence-electron chi connectivity index (χ1n) is 5.38. The molecule has 1 N–H and O–H groups in total. The Balaban J connectivity index is 2.26. The summed E-state index contributed by atoms with van der Waals surface area (Å²) in [4.78, 5) is 12.9. The maximum Gasteiger partial charge on any atom is 0.323 e. The maximum atomic E-state index is 10.9. The number of ether oxygens (including phenoxy) is 1. The SMILES string of the molecule is CCSCCCN1CCOCC1C(=O)O. The molecule has 0 aromatic rings. The molecule has 0 amide bonds. The van der Waals surface area contributed by atoms with E-state index in [0.717, 1.165) is 31.0 Å². The molecule has 5 heteroatoms. The van der Waals surface area contributed by atoms with Crippen LogP contribution >= 0.6 is 11.8 Å². The molecule has 0 radical (unpaired) electrons. The number of carboxylic acid groups (broad SMARTS) is 1. The van der Waals surface area contributed by atoms with Gasteiger partial charge < -0.3 is 9.84 Å². The van der Waals surface area contributed by atoms with Crippen LogP contribution in [-0.4, -0.2) is 59.8 Å². The highest BCUT2D eigenvalue weighted by Crippen LogP contribution is 2.09. The fourth-order valence-corrected chi connectivity index (χ4v) is 2.27. The molecule has 15 heavy (non-hydrogen) atoms. The average molecular weight is 233 g/mol. The normalized spacial score (nSPS) is 22.9. The zero-order valence-corrected chi connectivity index (χ0v) is 9.96. The van der Waals surface area contributed by atoms with Crippen molar-refractivity contribution in [3.8, 4) is 0 Å². The first kappa shape index (κ1) is 12.8. The summed E-state index contributed by atoms with van der Waals surface area (Å²) in [6.45, 7) is 4.74. The second-order valence-corrected chi connectivity index (χ2v) is 4.91. The van der Waals surface area contributed by atoms with Gasteiger partial charge in [0.25, 0.3) is 0 Å². The van der Waals surface area contributed by atoms with Crippen molar-refractivity contribution < 1.29 is 14.6 Å². The van der Waals surface area contributed by atoms with Crippen LogP contribution in [-0.2, 0) is 9.53 Å². The third-order valence-corrected chi connectivity index (χ3v) is 3.45. The molecule has 0 spiro atoms. The number of aliphatic carboxylic acids is 1. The Morgan fingerprint density at radius 2 is 2.47 bits per heavy atom. The Kier molecular flexibility index (Phi) is 6.05. The molecule has 1 heterocycles. The number of carboxylic acids is 1. The summed E-state index contributed by atoms with van der Waals surface area (Å²) in [7, 11) is 0. The fraction of sp³-hybridized carbons (Fsp3) is 0.900. The molecule has 88 valence electrons. The van der Waals surface area contributed by atoms with Crippen molar-refractivity contribution in [3.63, 3.8) is 0 Å². The molecule has 1 aliphatic rings. The number of thioether (sulfide) groups is 1. The number of nitrogens with zero attached hydrogens (tertiary/aromatic N) is 1. The lowest BCUT2D eigenvalue weighted by Gasteiger charge is -2.32. The minimum absolute atomic E-state index is 0.330. The van der Waals surface area contributed by atoms with Crippen molar-refractivity contribution in [2.24, 2.45) is 0 Å². The van der Waals surface area contributed by atoms with Gasteiger partial charge in [-0.25, -0.2) is 0 Å². The third-order valence-electron chi connectivity index (χ3n) is 2.46. The molecule has 1 saturated heterocycles. The van der Waals surface area contributed by atoms with Crippen LogP contribution in [0.4, 0.5) is 0 Å². The van der Waals surface area contributed by atoms with Crippen molar-refractivity contribution >= 4 is 17.7 Å². The topological polar surface area (TPSA) is 49.8 Å². The summed E-state index contributed by atoms with van der Waals surface area (Å²) < 4.78 is 5.17. The molecule has 1 fully saturated rings. The van der Waals surface area contributed by atoms with Gasteiger partial charge in [0.1, 0.15) is 6.04 Å². The quantitative estimate of drug-likeness (QED) is 0.691. The lowest BCUT2D eigenvalue weighted by molar-refractivity contribution is -0.149. The average Bonchev–Trinajstić information content (AvgIpc) is 2.25. The number of hydrogen-bond donors (Lipinski definition) is 1. The van der Waals surface area contributed by atoms with Crippen molar-refractivity contribution in [2.75, 3.05) is 37.8 Å². The lowest BCUT2D eigenvalue weighted by atomic mass is 10.2. The molecule has 0 aliphatic carbocycles. The molecule has 0 saturated carbocycles. The van der Waals surface area contributed by atoms with E-state index in [4.69, 9.17) is 9.84 Å². The smallest absolute Gasteiger partial charge is 0.323 e. The minimum atomic E-state index is -0.766. The standard InChI is InChI=1S/C10H19NO3S/c1-2-15-7-3-4-11-5-6-14-8-9(11)10(12)13/h9H,2-8H2,1H3,(H,12,13). The predicted molar refractivity (Wildman–Crippen MR) is 61.4 cm³/mol. The van der Waals surface area contributed by atoms with E-state index >= 15 is 0 Å². The zero-order valence-electron chi connectivity index (χ0n) is 9.15. The van der Waals surface area contributed by atoms with Gasteiger partial charge in [-0.15, -0.1) is 0 Å². The van der Waals surface area contributed by atoms with Gasteiger partial charge in [0.05, 0.1) is 13.2 Å². The van der Waals surface area contributed by atoms with E-state index in [1.54, 1.807) is 0 Å². The number of morpholine rings is 1. The molecule has 1 rings (SSSR count). The predicted octanol–water partition coefficient (Wildman–Crippen LogP) is 0.915. The van der Waals surface area contributed by atoms with Crippen LogP contribution in [0.5, 0.6) is 0 Å². The molecule has 4 nitrogen and oxygen atoms in total. The van der Waals surface area contributed by atoms with Gasteiger partial charge in [-0.2, -0.15) is 11.8 Å². The Labute approximate surface area is 95.0 Å². The summed E-state index contributed by atoms with van der Waals surface area (Å²) in [5.41, 5.74) is 0. The van der Waals surface area contributed by atoms with Gasteiger partial charge >= 0.3 is 5.97 Å². The van der Waals surface area contributed by atoms with E-state index in [9.17, 15) is 4.79 Å². The van der Waals surface area contributed by atoms with E-state index in [2.05, 4.69) is 6.92 Å². The number of carbonyl (C=O) groups is 1. The molecule has 0 bridgehead atoms. The Hall–Kier alpha value is -0.260. The summed E-state index contributed by atoms with van der Waals surface area (Å²) in [5.74, 6) is 1.48. The molecule has 0 aromatic carbocycles. The van der Waals surface area contributed by atoms with E-state index in [0.29, 0.717) is 13.2 Å². The Bertz CT molecular complexity index is 201. The van der Waals surface area contributed by atoms with Crippen molar-refractivity contribution in [2.45, 2.75) is 19.4 Å². The summed E-state index contributed by atoms with van der Waals surface area (Å²) >= 11 is 1.90. The Morgan fingerprint density at radius 1 is 1.67 bits per heavy atom. The van der Waals surface area contributed by atoms with E-state index in [-0.39, 0.29) is 0 Å². The van der Waals surface area contributed by atoms with Crippen molar-refractivity contribution in [1.29, 1.82) is 0 Å². The minimum Gasteiger partial charge on any atom is -0.480 e. The van der Waals surface area contributed by atoms with E-state index in [1.165, 1.54) is 0 Å². The van der Waals surface area contributed by atoms with Crippen LogP contribution in [0.3, 0.4) is 0 Å². The highest BCUT2D eigenvalue weighted by molar-refractivity contribution is 7.99. The second-order valence-electron chi connectivity index (χ2n) is 3.52. The Morgan fingerprint density at radius 3 is 3.13 bits per heavy atom. The van der Waals surface area contributed by atoms with Gasteiger partial charge in [0.15, 0.2) is 0 Å². The van der Waals surface area contributed by atoms with E-state index < -0.39 is 12.0 Å². The van der Waals surface area contributed by atoms with Crippen molar-refractivity contribution in [3.05, 3.63) is 0 Å². The molecular weight excluding hydrogens is 214 g/mol. The van der Waals surface area contributed by atoms with Gasteiger partial charge in [-0.3, -0.25) is 9.69 Å². The largest absolute Gasteiger partial charge is 0.480 e. The molecule has 1 atom stereocenters. The molecular formula is C10H19NO3S. The van der Waals surface area contributed by atoms with Gasteiger partial charge in [-0.1, -0.05) is 6.92 Å². The molecule has 0 aromatic heterocycles. The van der Waals surface area contributed by atoms with Crippen LogP contribution in [0, 0.1) is 0 Å².